The van der Waals surface area contributed by atoms with Gasteiger partial charge < -0.3 is 11.1 Å². The van der Waals surface area contributed by atoms with Crippen LogP contribution in [-0.2, 0) is 0 Å². The summed E-state index contributed by atoms with van der Waals surface area (Å²) >= 11 is 0. The molecule has 2 rings (SSSR count). The smallest absolute Gasteiger partial charge is 0.150 e. The molecule has 0 saturated heterocycles. The lowest BCUT2D eigenvalue weighted by molar-refractivity contribution is 0.609. The van der Waals surface area contributed by atoms with Crippen LogP contribution in [0.4, 0.5) is 11.5 Å². The van der Waals surface area contributed by atoms with Gasteiger partial charge in [-0.25, -0.2) is 4.98 Å². The lowest BCUT2D eigenvalue weighted by Gasteiger charge is -2.12. The number of nitriles is 1. The SMILES string of the molecule is CC1(CNc2nccc(C#N)c2N)CC1. The maximum absolute atomic E-state index is 8.80. The van der Waals surface area contributed by atoms with E-state index in [9.17, 15) is 0 Å². The van der Waals surface area contributed by atoms with E-state index in [1.165, 1.54) is 12.8 Å². The molecule has 4 nitrogen and oxygen atoms in total. The van der Waals surface area contributed by atoms with Crippen LogP contribution in [0.2, 0.25) is 0 Å². The molecule has 1 aromatic rings. The first-order valence-corrected chi connectivity index (χ1v) is 5.03. The second-order valence-electron chi connectivity index (χ2n) is 4.40. The fourth-order valence-electron chi connectivity index (χ4n) is 1.40. The van der Waals surface area contributed by atoms with Gasteiger partial charge in [0.05, 0.1) is 11.3 Å². The summed E-state index contributed by atoms with van der Waals surface area (Å²) < 4.78 is 0. The Morgan fingerprint density at radius 3 is 3.00 bits per heavy atom. The molecule has 1 aromatic heterocycles. The maximum atomic E-state index is 8.80. The average molecular weight is 202 g/mol. The standard InChI is InChI=1S/C11H14N4/c1-11(3-4-11)7-15-10-9(13)8(6-12)2-5-14-10/h2,5H,3-4,7,13H2,1H3,(H,14,15). The van der Waals surface area contributed by atoms with Crippen molar-refractivity contribution in [3.05, 3.63) is 17.8 Å². The van der Waals surface area contributed by atoms with E-state index in [1.807, 2.05) is 6.07 Å². The number of rotatable bonds is 3. The number of nitrogen functional groups attached to an aromatic ring is 1. The van der Waals surface area contributed by atoms with E-state index >= 15 is 0 Å². The highest BCUT2D eigenvalue weighted by Crippen LogP contribution is 2.44. The second kappa shape index (κ2) is 3.43. The fraction of sp³-hybridized carbons (Fsp3) is 0.455. The van der Waals surface area contributed by atoms with Gasteiger partial charge in [0.15, 0.2) is 5.82 Å². The molecule has 0 unspecified atom stereocenters. The predicted molar refractivity (Wildman–Crippen MR) is 59.2 cm³/mol. The van der Waals surface area contributed by atoms with Crippen molar-refractivity contribution in [1.82, 2.24) is 4.98 Å². The third-order valence-corrected chi connectivity index (χ3v) is 2.90. The summed E-state index contributed by atoms with van der Waals surface area (Å²) in [6.45, 7) is 3.10. The monoisotopic (exact) mass is 202 g/mol. The van der Waals surface area contributed by atoms with E-state index in [0.29, 0.717) is 22.5 Å². The van der Waals surface area contributed by atoms with Crippen LogP contribution < -0.4 is 11.1 Å². The van der Waals surface area contributed by atoms with E-state index in [4.69, 9.17) is 11.0 Å². The molecule has 3 N–H and O–H groups in total. The summed E-state index contributed by atoms with van der Waals surface area (Å²) in [7, 11) is 0. The highest BCUT2D eigenvalue weighted by atomic mass is 15.0. The molecule has 1 fully saturated rings. The van der Waals surface area contributed by atoms with Gasteiger partial charge in [-0.15, -0.1) is 0 Å². The van der Waals surface area contributed by atoms with E-state index in [0.717, 1.165) is 6.54 Å². The first kappa shape index (κ1) is 9.78. The molecule has 15 heavy (non-hydrogen) atoms. The van der Waals surface area contributed by atoms with Crippen molar-refractivity contribution in [1.29, 1.82) is 5.26 Å². The van der Waals surface area contributed by atoms with Gasteiger partial charge in [0.1, 0.15) is 6.07 Å². The Morgan fingerprint density at radius 1 is 1.67 bits per heavy atom. The van der Waals surface area contributed by atoms with E-state index < -0.39 is 0 Å². The number of nitrogens with zero attached hydrogens (tertiary/aromatic N) is 2. The molecule has 1 aliphatic carbocycles. The molecule has 0 radical (unpaired) electrons. The number of nitrogens with one attached hydrogen (secondary N) is 1. The molecule has 0 aromatic carbocycles. The van der Waals surface area contributed by atoms with Crippen LogP contribution in [0.1, 0.15) is 25.3 Å². The second-order valence-corrected chi connectivity index (χ2v) is 4.40. The molecule has 0 bridgehead atoms. The molecule has 0 spiro atoms. The Labute approximate surface area is 89.1 Å². The van der Waals surface area contributed by atoms with Crippen molar-refractivity contribution in [2.45, 2.75) is 19.8 Å². The Morgan fingerprint density at radius 2 is 2.40 bits per heavy atom. The van der Waals surface area contributed by atoms with Crippen molar-refractivity contribution in [2.24, 2.45) is 5.41 Å². The number of aromatic nitrogens is 1. The van der Waals surface area contributed by atoms with Crippen molar-refractivity contribution in [3.63, 3.8) is 0 Å². The summed E-state index contributed by atoms with van der Waals surface area (Å²) in [5, 5.41) is 12.0. The van der Waals surface area contributed by atoms with Crippen molar-refractivity contribution in [3.8, 4) is 6.07 Å². The number of hydrogen-bond donors (Lipinski definition) is 2. The quantitative estimate of drug-likeness (QED) is 0.783. The molecule has 0 amide bonds. The van der Waals surface area contributed by atoms with Gasteiger partial charge in [-0.05, 0) is 24.3 Å². The van der Waals surface area contributed by atoms with Gasteiger partial charge in [-0.3, -0.25) is 0 Å². The zero-order valence-corrected chi connectivity index (χ0v) is 8.75. The van der Waals surface area contributed by atoms with Crippen LogP contribution >= 0.6 is 0 Å². The minimum absolute atomic E-state index is 0.400. The highest BCUT2D eigenvalue weighted by Gasteiger charge is 2.36. The van der Waals surface area contributed by atoms with Crippen LogP contribution in [0.5, 0.6) is 0 Å². The van der Waals surface area contributed by atoms with Gasteiger partial charge in [0.25, 0.3) is 0 Å². The van der Waals surface area contributed by atoms with Gasteiger partial charge in [-0.1, -0.05) is 6.92 Å². The number of hydrogen-bond acceptors (Lipinski definition) is 4. The average Bonchev–Trinajstić information content (AvgIpc) is 2.96. The Kier molecular flexibility index (Phi) is 2.24. The van der Waals surface area contributed by atoms with Crippen LogP contribution in [0.25, 0.3) is 0 Å². The van der Waals surface area contributed by atoms with E-state index in [-0.39, 0.29) is 0 Å². The minimum Gasteiger partial charge on any atom is -0.395 e. The number of nitrogens with two attached hydrogens (primary N) is 1. The molecule has 1 heterocycles. The molecular weight excluding hydrogens is 188 g/mol. The lowest BCUT2D eigenvalue weighted by atomic mass is 10.1. The van der Waals surface area contributed by atoms with Gasteiger partial charge in [0, 0.05) is 12.7 Å². The maximum Gasteiger partial charge on any atom is 0.150 e. The Hall–Kier alpha value is -1.76. The van der Waals surface area contributed by atoms with Crippen molar-refractivity contribution >= 4 is 11.5 Å². The molecule has 4 heteroatoms. The molecule has 78 valence electrons. The topological polar surface area (TPSA) is 74.7 Å². The first-order chi connectivity index (χ1) is 7.14. The first-order valence-electron chi connectivity index (χ1n) is 5.03. The van der Waals surface area contributed by atoms with Crippen LogP contribution in [0.15, 0.2) is 12.3 Å². The normalized spacial score (nSPS) is 16.8. The number of anilines is 2. The summed E-state index contributed by atoms with van der Waals surface area (Å²) in [6, 6.07) is 3.67. The van der Waals surface area contributed by atoms with E-state index in [2.05, 4.69) is 17.2 Å². The predicted octanol–water partition coefficient (Wildman–Crippen LogP) is 1.75. The van der Waals surface area contributed by atoms with Crippen molar-refractivity contribution in [2.75, 3.05) is 17.6 Å². The summed E-state index contributed by atoms with van der Waals surface area (Å²) in [6.07, 6.45) is 4.10. The van der Waals surface area contributed by atoms with Crippen LogP contribution in [0.3, 0.4) is 0 Å². The fourth-order valence-corrected chi connectivity index (χ4v) is 1.40. The number of pyridine rings is 1. The Bertz CT molecular complexity index is 415. The lowest BCUT2D eigenvalue weighted by Crippen LogP contribution is -2.14. The van der Waals surface area contributed by atoms with E-state index in [1.54, 1.807) is 12.3 Å². The minimum atomic E-state index is 0.400. The largest absolute Gasteiger partial charge is 0.395 e. The third-order valence-electron chi connectivity index (χ3n) is 2.90. The highest BCUT2D eigenvalue weighted by molar-refractivity contribution is 5.68. The van der Waals surface area contributed by atoms with Crippen LogP contribution in [0, 0.1) is 16.7 Å². The Balaban J connectivity index is 2.11. The molecule has 1 aliphatic rings. The zero-order valence-electron chi connectivity index (χ0n) is 8.75. The molecule has 0 aliphatic heterocycles. The summed E-state index contributed by atoms with van der Waals surface area (Å²) in [5.41, 5.74) is 7.12. The third kappa shape index (κ3) is 2.01. The van der Waals surface area contributed by atoms with Crippen molar-refractivity contribution < 1.29 is 0 Å². The van der Waals surface area contributed by atoms with Gasteiger partial charge in [-0.2, -0.15) is 5.26 Å². The molecular formula is C11H14N4. The van der Waals surface area contributed by atoms with Gasteiger partial charge in [0.2, 0.25) is 0 Å². The molecule has 0 atom stereocenters. The van der Waals surface area contributed by atoms with Crippen LogP contribution in [-0.4, -0.2) is 11.5 Å². The van der Waals surface area contributed by atoms with Gasteiger partial charge >= 0.3 is 0 Å². The zero-order chi connectivity index (χ0) is 10.9. The summed E-state index contributed by atoms with van der Waals surface area (Å²) in [4.78, 5) is 4.13. The molecule has 1 saturated carbocycles. The summed E-state index contributed by atoms with van der Waals surface area (Å²) in [5.74, 6) is 0.627.